The molecule has 4 heteroatoms. The van der Waals surface area contributed by atoms with Crippen LogP contribution in [0.4, 0.5) is 0 Å². The lowest BCUT2D eigenvalue weighted by Gasteiger charge is -2.09. The summed E-state index contributed by atoms with van der Waals surface area (Å²) in [5, 5.41) is 7.40. The quantitative estimate of drug-likeness (QED) is 0.855. The van der Waals surface area contributed by atoms with Crippen molar-refractivity contribution in [3.05, 3.63) is 11.7 Å². The summed E-state index contributed by atoms with van der Waals surface area (Å²) < 4.78 is 5.35. The third-order valence-electron chi connectivity index (χ3n) is 3.87. The Bertz CT molecular complexity index is 346. The van der Waals surface area contributed by atoms with Crippen LogP contribution in [0.15, 0.2) is 4.52 Å². The molecule has 0 bridgehead atoms. The Morgan fingerprint density at radius 3 is 2.88 bits per heavy atom. The van der Waals surface area contributed by atoms with Gasteiger partial charge in [0.05, 0.1) is 0 Å². The van der Waals surface area contributed by atoms with E-state index in [1.807, 2.05) is 7.05 Å². The lowest BCUT2D eigenvalue weighted by atomic mass is 10.1. The van der Waals surface area contributed by atoms with Gasteiger partial charge in [0, 0.05) is 18.4 Å². The molecule has 0 saturated heterocycles. The largest absolute Gasteiger partial charge is 0.339 e. The van der Waals surface area contributed by atoms with Crippen molar-refractivity contribution < 1.29 is 4.52 Å². The fraction of sp³-hybridized carbons (Fsp3) is 0.846. The van der Waals surface area contributed by atoms with Gasteiger partial charge in [0.15, 0.2) is 5.82 Å². The molecule has 0 aromatic carbocycles. The second-order valence-corrected chi connectivity index (χ2v) is 5.26. The molecule has 0 aliphatic heterocycles. The molecule has 1 aromatic rings. The van der Waals surface area contributed by atoms with Crippen LogP contribution in [0, 0.1) is 5.92 Å². The van der Waals surface area contributed by atoms with Crippen LogP contribution in [0.3, 0.4) is 0 Å². The number of rotatable bonds is 5. The summed E-state index contributed by atoms with van der Waals surface area (Å²) in [5.74, 6) is 3.04. The fourth-order valence-electron chi connectivity index (χ4n) is 2.62. The summed E-state index contributed by atoms with van der Waals surface area (Å²) >= 11 is 0. The first-order valence-electron chi connectivity index (χ1n) is 6.72. The lowest BCUT2D eigenvalue weighted by Crippen LogP contribution is -2.26. The third-order valence-corrected chi connectivity index (χ3v) is 3.87. The zero-order valence-corrected chi connectivity index (χ0v) is 11.1. The molecule has 1 N–H and O–H groups in total. The fourth-order valence-corrected chi connectivity index (χ4v) is 2.62. The van der Waals surface area contributed by atoms with E-state index in [-0.39, 0.29) is 0 Å². The summed E-state index contributed by atoms with van der Waals surface area (Å²) in [7, 11) is 1.98. The van der Waals surface area contributed by atoms with Gasteiger partial charge in [-0.25, -0.2) is 0 Å². The Kier molecular flexibility index (Phi) is 4.15. The molecule has 1 heterocycles. The molecule has 3 unspecified atom stereocenters. The molecular weight excluding hydrogens is 214 g/mol. The average Bonchev–Trinajstić information content (AvgIpc) is 2.94. The highest BCUT2D eigenvalue weighted by Crippen LogP contribution is 2.36. The van der Waals surface area contributed by atoms with Crippen molar-refractivity contribution in [2.24, 2.45) is 5.92 Å². The van der Waals surface area contributed by atoms with E-state index in [0.717, 1.165) is 30.5 Å². The van der Waals surface area contributed by atoms with Crippen LogP contribution in [-0.2, 0) is 6.42 Å². The van der Waals surface area contributed by atoms with E-state index in [0.29, 0.717) is 12.0 Å². The second kappa shape index (κ2) is 5.63. The monoisotopic (exact) mass is 237 g/mol. The SMILES string of the molecule is CCC(Cc1nc(C2CCC(C)C2)no1)NC. The van der Waals surface area contributed by atoms with Crippen molar-refractivity contribution in [2.75, 3.05) is 7.05 Å². The summed E-state index contributed by atoms with van der Waals surface area (Å²) in [5.41, 5.74) is 0. The van der Waals surface area contributed by atoms with Gasteiger partial charge in [-0.3, -0.25) is 0 Å². The topological polar surface area (TPSA) is 51.0 Å². The molecule has 1 fully saturated rings. The second-order valence-electron chi connectivity index (χ2n) is 5.26. The van der Waals surface area contributed by atoms with Crippen LogP contribution < -0.4 is 5.32 Å². The molecule has 96 valence electrons. The van der Waals surface area contributed by atoms with Crippen LogP contribution >= 0.6 is 0 Å². The normalized spacial score (nSPS) is 26.3. The molecule has 3 atom stereocenters. The van der Waals surface area contributed by atoms with Crippen LogP contribution in [0.2, 0.25) is 0 Å². The van der Waals surface area contributed by atoms with E-state index < -0.39 is 0 Å². The average molecular weight is 237 g/mol. The maximum atomic E-state index is 5.35. The Labute approximate surface area is 103 Å². The lowest BCUT2D eigenvalue weighted by molar-refractivity contribution is 0.352. The van der Waals surface area contributed by atoms with Crippen molar-refractivity contribution in [3.8, 4) is 0 Å². The third kappa shape index (κ3) is 3.06. The van der Waals surface area contributed by atoms with Crippen molar-refractivity contribution >= 4 is 0 Å². The van der Waals surface area contributed by atoms with Crippen molar-refractivity contribution in [2.45, 2.75) is 57.9 Å². The Morgan fingerprint density at radius 1 is 1.47 bits per heavy atom. The Hall–Kier alpha value is -0.900. The molecule has 0 amide bonds. The first kappa shape index (κ1) is 12.6. The number of aromatic nitrogens is 2. The molecular formula is C13H23N3O. The van der Waals surface area contributed by atoms with Crippen LogP contribution in [0.25, 0.3) is 0 Å². The van der Waals surface area contributed by atoms with Gasteiger partial charge < -0.3 is 9.84 Å². The highest BCUT2D eigenvalue weighted by atomic mass is 16.5. The summed E-state index contributed by atoms with van der Waals surface area (Å²) in [6.07, 6.45) is 5.63. The predicted octanol–water partition coefficient (Wildman–Crippen LogP) is 2.51. The van der Waals surface area contributed by atoms with Gasteiger partial charge in [-0.15, -0.1) is 0 Å². The highest BCUT2D eigenvalue weighted by molar-refractivity contribution is 4.99. The number of likely N-dealkylation sites (N-methyl/N-ethyl adjacent to an activating group) is 1. The summed E-state index contributed by atoms with van der Waals surface area (Å²) in [6, 6.07) is 0.436. The van der Waals surface area contributed by atoms with Crippen LogP contribution in [-0.4, -0.2) is 23.2 Å². The maximum Gasteiger partial charge on any atom is 0.228 e. The molecule has 2 rings (SSSR count). The number of hydrogen-bond donors (Lipinski definition) is 1. The van der Waals surface area contributed by atoms with Gasteiger partial charge >= 0.3 is 0 Å². The van der Waals surface area contributed by atoms with Crippen LogP contribution in [0.5, 0.6) is 0 Å². The molecule has 1 aromatic heterocycles. The van der Waals surface area contributed by atoms with Gasteiger partial charge in [-0.1, -0.05) is 19.0 Å². The number of nitrogens with zero attached hydrogens (tertiary/aromatic N) is 2. The minimum absolute atomic E-state index is 0.436. The molecule has 1 aliphatic rings. The molecule has 1 aliphatic carbocycles. The van der Waals surface area contributed by atoms with Gasteiger partial charge in [0.2, 0.25) is 5.89 Å². The van der Waals surface area contributed by atoms with Crippen molar-refractivity contribution in [3.63, 3.8) is 0 Å². The summed E-state index contributed by atoms with van der Waals surface area (Å²) in [6.45, 7) is 4.46. The first-order valence-corrected chi connectivity index (χ1v) is 6.72. The van der Waals surface area contributed by atoms with E-state index in [4.69, 9.17) is 4.52 Å². The highest BCUT2D eigenvalue weighted by Gasteiger charge is 2.27. The van der Waals surface area contributed by atoms with Gasteiger partial charge in [-0.2, -0.15) is 4.98 Å². The van der Waals surface area contributed by atoms with E-state index in [1.54, 1.807) is 0 Å². The minimum Gasteiger partial charge on any atom is -0.339 e. The zero-order valence-electron chi connectivity index (χ0n) is 11.1. The van der Waals surface area contributed by atoms with Crippen LogP contribution in [0.1, 0.15) is 57.2 Å². The smallest absolute Gasteiger partial charge is 0.228 e. The summed E-state index contributed by atoms with van der Waals surface area (Å²) in [4.78, 5) is 4.54. The molecule has 0 spiro atoms. The van der Waals surface area contributed by atoms with E-state index in [2.05, 4.69) is 29.3 Å². The van der Waals surface area contributed by atoms with Gasteiger partial charge in [0.25, 0.3) is 0 Å². The van der Waals surface area contributed by atoms with Gasteiger partial charge in [-0.05, 0) is 38.6 Å². The van der Waals surface area contributed by atoms with Crippen molar-refractivity contribution in [1.82, 2.24) is 15.5 Å². The predicted molar refractivity (Wildman–Crippen MR) is 66.9 cm³/mol. The van der Waals surface area contributed by atoms with E-state index in [9.17, 15) is 0 Å². The number of nitrogens with one attached hydrogen (secondary N) is 1. The first-order chi connectivity index (χ1) is 8.22. The Balaban J connectivity index is 1.96. The zero-order chi connectivity index (χ0) is 12.3. The molecule has 4 nitrogen and oxygen atoms in total. The van der Waals surface area contributed by atoms with Crippen molar-refractivity contribution in [1.29, 1.82) is 0 Å². The Morgan fingerprint density at radius 2 is 2.29 bits per heavy atom. The minimum atomic E-state index is 0.436. The van der Waals surface area contributed by atoms with E-state index in [1.165, 1.54) is 19.3 Å². The maximum absolute atomic E-state index is 5.35. The molecule has 1 saturated carbocycles. The van der Waals surface area contributed by atoms with E-state index >= 15 is 0 Å². The molecule has 0 radical (unpaired) electrons. The standard InChI is InChI=1S/C13H23N3O/c1-4-11(14-3)8-12-15-13(16-17-12)10-6-5-9(2)7-10/h9-11,14H,4-8H2,1-3H3. The molecule has 17 heavy (non-hydrogen) atoms. The van der Waals surface area contributed by atoms with Gasteiger partial charge in [0.1, 0.15) is 0 Å². The number of hydrogen-bond acceptors (Lipinski definition) is 4.